The molecule has 1 N–H and O–H groups in total. The predicted molar refractivity (Wildman–Crippen MR) is 80.1 cm³/mol. The Hall–Kier alpha value is -1.74. The molecule has 110 valence electrons. The van der Waals surface area contributed by atoms with Crippen LogP contribution in [-0.2, 0) is 12.8 Å². The average molecular weight is 287 g/mol. The van der Waals surface area contributed by atoms with Crippen LogP contribution in [0.1, 0.15) is 29.7 Å². The second-order valence-corrected chi connectivity index (χ2v) is 5.64. The Morgan fingerprint density at radius 3 is 2.71 bits per heavy atom. The molecule has 2 aromatic carbocycles. The lowest BCUT2D eigenvalue weighted by Gasteiger charge is -2.21. The highest BCUT2D eigenvalue weighted by Crippen LogP contribution is 2.38. The highest BCUT2D eigenvalue weighted by atomic mass is 19.1. The van der Waals surface area contributed by atoms with E-state index in [1.54, 1.807) is 6.07 Å². The van der Waals surface area contributed by atoms with Gasteiger partial charge in [-0.2, -0.15) is 0 Å². The molecule has 0 aliphatic heterocycles. The summed E-state index contributed by atoms with van der Waals surface area (Å²) in [6, 6.07) is 12.5. The molecule has 0 fully saturated rings. The summed E-state index contributed by atoms with van der Waals surface area (Å²) < 4.78 is 26.9. The van der Waals surface area contributed by atoms with E-state index in [1.165, 1.54) is 17.2 Å². The minimum atomic E-state index is -0.519. The highest BCUT2D eigenvalue weighted by molar-refractivity contribution is 5.36. The molecule has 0 heterocycles. The third-order valence-corrected chi connectivity index (χ3v) is 4.26. The van der Waals surface area contributed by atoms with Crippen LogP contribution in [0.4, 0.5) is 8.78 Å². The van der Waals surface area contributed by atoms with E-state index in [0.29, 0.717) is 17.9 Å². The maximum absolute atomic E-state index is 13.9. The quantitative estimate of drug-likeness (QED) is 0.895. The van der Waals surface area contributed by atoms with Crippen LogP contribution in [0.3, 0.4) is 0 Å². The Balaban J connectivity index is 1.85. The number of rotatable bonds is 4. The highest BCUT2D eigenvalue weighted by Gasteiger charge is 2.31. The van der Waals surface area contributed by atoms with Crippen molar-refractivity contribution in [3.05, 3.63) is 70.8 Å². The van der Waals surface area contributed by atoms with Gasteiger partial charge in [0.15, 0.2) is 0 Å². The summed E-state index contributed by atoms with van der Waals surface area (Å²) in [7, 11) is 0. The lowest BCUT2D eigenvalue weighted by molar-refractivity contribution is 0.388. The molecule has 2 atom stereocenters. The molecule has 1 aliphatic rings. The van der Waals surface area contributed by atoms with Gasteiger partial charge in [-0.1, -0.05) is 37.3 Å². The van der Waals surface area contributed by atoms with Gasteiger partial charge in [0.1, 0.15) is 11.6 Å². The van der Waals surface area contributed by atoms with Gasteiger partial charge in [-0.15, -0.1) is 0 Å². The molecule has 0 radical (unpaired) electrons. The molecular formula is C18H19F2N. The van der Waals surface area contributed by atoms with Gasteiger partial charge in [0.25, 0.3) is 0 Å². The first-order valence-electron chi connectivity index (χ1n) is 7.44. The van der Waals surface area contributed by atoms with Crippen molar-refractivity contribution in [2.75, 3.05) is 6.54 Å². The molecule has 1 aliphatic carbocycles. The van der Waals surface area contributed by atoms with Crippen LogP contribution >= 0.6 is 0 Å². The number of hydrogen-bond donors (Lipinski definition) is 1. The third kappa shape index (κ3) is 2.84. The second kappa shape index (κ2) is 5.94. The van der Waals surface area contributed by atoms with Crippen molar-refractivity contribution in [3.8, 4) is 0 Å². The largest absolute Gasteiger partial charge is 0.310 e. The maximum atomic E-state index is 13.9. The van der Waals surface area contributed by atoms with E-state index in [9.17, 15) is 8.78 Å². The number of halogens is 2. The van der Waals surface area contributed by atoms with Gasteiger partial charge < -0.3 is 5.32 Å². The summed E-state index contributed by atoms with van der Waals surface area (Å²) in [5.41, 5.74) is 3.24. The van der Waals surface area contributed by atoms with Crippen molar-refractivity contribution in [1.82, 2.24) is 5.32 Å². The van der Waals surface area contributed by atoms with E-state index in [-0.39, 0.29) is 6.04 Å². The van der Waals surface area contributed by atoms with Crippen molar-refractivity contribution >= 4 is 0 Å². The molecule has 0 amide bonds. The first-order chi connectivity index (χ1) is 10.2. The third-order valence-electron chi connectivity index (χ3n) is 4.26. The van der Waals surface area contributed by atoms with Gasteiger partial charge >= 0.3 is 0 Å². The molecule has 2 aromatic rings. The molecular weight excluding hydrogens is 268 g/mol. The topological polar surface area (TPSA) is 12.0 Å². The Kier molecular flexibility index (Phi) is 4.02. The SMILES string of the molecule is CCNC1c2ccccc2CC1Cc1ccc(F)cc1F. The molecule has 0 aromatic heterocycles. The van der Waals surface area contributed by atoms with Gasteiger partial charge in [0.05, 0.1) is 0 Å². The van der Waals surface area contributed by atoms with Gasteiger partial charge in [-0.05, 0) is 48.1 Å². The van der Waals surface area contributed by atoms with Gasteiger partial charge in [-0.25, -0.2) is 8.78 Å². The van der Waals surface area contributed by atoms with Crippen molar-refractivity contribution in [2.45, 2.75) is 25.8 Å². The normalized spacial score (nSPS) is 20.5. The Labute approximate surface area is 124 Å². The zero-order chi connectivity index (χ0) is 14.8. The summed E-state index contributed by atoms with van der Waals surface area (Å²) in [5.74, 6) is -0.655. The van der Waals surface area contributed by atoms with Gasteiger partial charge in [0.2, 0.25) is 0 Å². The smallest absolute Gasteiger partial charge is 0.129 e. The number of benzene rings is 2. The van der Waals surface area contributed by atoms with Crippen LogP contribution in [0.15, 0.2) is 42.5 Å². The first-order valence-corrected chi connectivity index (χ1v) is 7.44. The van der Waals surface area contributed by atoms with Gasteiger partial charge in [-0.3, -0.25) is 0 Å². The van der Waals surface area contributed by atoms with E-state index in [4.69, 9.17) is 0 Å². The fourth-order valence-electron chi connectivity index (χ4n) is 3.33. The van der Waals surface area contributed by atoms with Crippen molar-refractivity contribution in [1.29, 1.82) is 0 Å². The summed E-state index contributed by atoms with van der Waals surface area (Å²) >= 11 is 0. The maximum Gasteiger partial charge on any atom is 0.129 e. The zero-order valence-electron chi connectivity index (χ0n) is 12.1. The number of fused-ring (bicyclic) bond motifs is 1. The van der Waals surface area contributed by atoms with E-state index < -0.39 is 11.6 Å². The first kappa shape index (κ1) is 14.2. The minimum absolute atomic E-state index is 0.246. The fraction of sp³-hybridized carbons (Fsp3) is 0.333. The van der Waals surface area contributed by atoms with Crippen LogP contribution in [-0.4, -0.2) is 6.54 Å². The van der Waals surface area contributed by atoms with Crippen molar-refractivity contribution in [3.63, 3.8) is 0 Å². The van der Waals surface area contributed by atoms with E-state index in [0.717, 1.165) is 19.0 Å². The van der Waals surface area contributed by atoms with Crippen LogP contribution in [0.2, 0.25) is 0 Å². The molecule has 21 heavy (non-hydrogen) atoms. The molecule has 0 bridgehead atoms. The summed E-state index contributed by atoms with van der Waals surface area (Å²) in [4.78, 5) is 0. The summed E-state index contributed by atoms with van der Waals surface area (Å²) in [6.07, 6.45) is 1.56. The summed E-state index contributed by atoms with van der Waals surface area (Å²) in [5, 5.41) is 3.51. The van der Waals surface area contributed by atoms with Crippen LogP contribution < -0.4 is 5.32 Å². The van der Waals surface area contributed by atoms with Crippen molar-refractivity contribution in [2.24, 2.45) is 5.92 Å². The molecule has 0 saturated carbocycles. The standard InChI is InChI=1S/C18H19F2N/c1-2-21-18-14(9-12-5-3-4-6-16(12)18)10-13-7-8-15(19)11-17(13)20/h3-8,11,14,18,21H,2,9-10H2,1H3. The molecule has 1 nitrogen and oxygen atoms in total. The van der Waals surface area contributed by atoms with Gasteiger partial charge in [0, 0.05) is 12.1 Å². The number of nitrogens with one attached hydrogen (secondary N) is 1. The Morgan fingerprint density at radius 1 is 1.14 bits per heavy atom. The van der Waals surface area contributed by atoms with Crippen LogP contribution in [0.25, 0.3) is 0 Å². The monoisotopic (exact) mass is 287 g/mol. The zero-order valence-corrected chi connectivity index (χ0v) is 12.1. The molecule has 0 spiro atoms. The Bertz CT molecular complexity index is 639. The average Bonchev–Trinajstić information content (AvgIpc) is 2.81. The minimum Gasteiger partial charge on any atom is -0.310 e. The second-order valence-electron chi connectivity index (χ2n) is 5.64. The molecule has 3 heteroatoms. The van der Waals surface area contributed by atoms with E-state index >= 15 is 0 Å². The van der Waals surface area contributed by atoms with Crippen molar-refractivity contribution < 1.29 is 8.78 Å². The fourth-order valence-corrected chi connectivity index (χ4v) is 3.33. The predicted octanol–water partition coefficient (Wildman–Crippen LogP) is 4.03. The Morgan fingerprint density at radius 2 is 1.95 bits per heavy atom. The molecule has 3 rings (SSSR count). The molecule has 0 saturated heterocycles. The number of hydrogen-bond acceptors (Lipinski definition) is 1. The van der Waals surface area contributed by atoms with Crippen LogP contribution in [0.5, 0.6) is 0 Å². The van der Waals surface area contributed by atoms with E-state index in [1.807, 2.05) is 12.1 Å². The summed E-state index contributed by atoms with van der Waals surface area (Å²) in [6.45, 7) is 2.96. The lowest BCUT2D eigenvalue weighted by Crippen LogP contribution is -2.26. The van der Waals surface area contributed by atoms with E-state index in [2.05, 4.69) is 24.4 Å². The molecule has 2 unspecified atom stereocenters. The lowest BCUT2D eigenvalue weighted by atomic mass is 9.92. The van der Waals surface area contributed by atoms with Crippen LogP contribution in [0, 0.1) is 17.6 Å².